The van der Waals surface area contributed by atoms with E-state index < -0.39 is 0 Å². The van der Waals surface area contributed by atoms with Crippen molar-refractivity contribution < 1.29 is 14.3 Å². The summed E-state index contributed by atoms with van der Waals surface area (Å²) in [5.41, 5.74) is 1.53. The minimum absolute atomic E-state index is 0.0182. The van der Waals surface area contributed by atoms with Gasteiger partial charge in [-0.1, -0.05) is 32.8 Å². The molecule has 144 valence electrons. The Labute approximate surface area is 157 Å². The molecule has 1 spiro atoms. The van der Waals surface area contributed by atoms with Crippen LogP contribution in [0.4, 0.5) is 0 Å². The van der Waals surface area contributed by atoms with Crippen LogP contribution in [0.25, 0.3) is 0 Å². The first-order valence-corrected chi connectivity index (χ1v) is 10.8. The third-order valence-electron chi connectivity index (χ3n) is 9.11. The molecule has 0 aromatic heterocycles. The molecule has 1 aliphatic heterocycles. The fourth-order valence-electron chi connectivity index (χ4n) is 7.84. The number of rotatable bonds is 3. The van der Waals surface area contributed by atoms with Crippen LogP contribution in [0.1, 0.15) is 85.0 Å². The number of carbonyl (C=O) groups is 2. The number of hydrogen-bond acceptors (Lipinski definition) is 3. The molecule has 0 N–H and O–H groups in total. The molecular weight excluding hydrogens is 324 g/mol. The fraction of sp³-hybridized carbons (Fsp3) is 0.826. The first kappa shape index (κ1) is 18.3. The Bertz CT molecular complexity index is 637. The Hall–Kier alpha value is -1.12. The molecule has 3 aliphatic carbocycles. The first-order valence-electron chi connectivity index (χ1n) is 10.8. The number of carbonyl (C=O) groups excluding carboxylic acids is 2. The van der Waals surface area contributed by atoms with E-state index in [2.05, 4.69) is 20.8 Å². The summed E-state index contributed by atoms with van der Waals surface area (Å²) in [7, 11) is 0. The predicted molar refractivity (Wildman–Crippen MR) is 101 cm³/mol. The van der Waals surface area contributed by atoms with E-state index >= 15 is 0 Å². The van der Waals surface area contributed by atoms with E-state index in [9.17, 15) is 9.59 Å². The summed E-state index contributed by atoms with van der Waals surface area (Å²) in [5, 5.41) is 0. The highest BCUT2D eigenvalue weighted by molar-refractivity contribution is 5.72. The van der Waals surface area contributed by atoms with Crippen molar-refractivity contribution in [2.24, 2.45) is 28.6 Å². The molecule has 1 heterocycles. The summed E-state index contributed by atoms with van der Waals surface area (Å²) in [6.07, 6.45) is 13.7. The van der Waals surface area contributed by atoms with Crippen LogP contribution < -0.4 is 0 Å². The van der Waals surface area contributed by atoms with Gasteiger partial charge in [0.05, 0.1) is 0 Å². The highest BCUT2D eigenvalue weighted by Gasteiger charge is 2.66. The zero-order chi connectivity index (χ0) is 18.6. The third-order valence-corrected chi connectivity index (χ3v) is 9.11. The molecule has 3 nitrogen and oxygen atoms in total. The van der Waals surface area contributed by atoms with Crippen LogP contribution in [0.15, 0.2) is 11.6 Å². The Balaban J connectivity index is 1.67. The van der Waals surface area contributed by atoms with Crippen molar-refractivity contribution in [3.8, 4) is 0 Å². The average Bonchev–Trinajstić information content (AvgIpc) is 3.12. The van der Waals surface area contributed by atoms with Crippen LogP contribution in [-0.2, 0) is 14.3 Å². The van der Waals surface area contributed by atoms with Gasteiger partial charge in [0.15, 0.2) is 0 Å². The standard InChI is InChI=1S/C23H34O3/c1-4-11-21(2)16(10-15-24)5-6-17-18(21)7-12-22(3)19(17)8-13-23(22)14-9-20(25)26-23/h10,15,17-19H,4-9,11-14H2,1-3H3/b16-10-. The van der Waals surface area contributed by atoms with Crippen molar-refractivity contribution in [1.82, 2.24) is 0 Å². The van der Waals surface area contributed by atoms with E-state index in [0.717, 1.165) is 25.5 Å². The lowest BCUT2D eigenvalue weighted by Gasteiger charge is -2.58. The van der Waals surface area contributed by atoms with Gasteiger partial charge in [-0.15, -0.1) is 0 Å². The summed E-state index contributed by atoms with van der Waals surface area (Å²) in [5.74, 6) is 2.08. The minimum atomic E-state index is -0.181. The summed E-state index contributed by atoms with van der Waals surface area (Å²) in [6, 6.07) is 0. The van der Waals surface area contributed by atoms with Crippen molar-refractivity contribution in [3.63, 3.8) is 0 Å². The third kappa shape index (κ3) is 2.31. The summed E-state index contributed by atoms with van der Waals surface area (Å²) < 4.78 is 6.02. The number of ether oxygens (including phenoxy) is 1. The average molecular weight is 359 g/mol. The molecule has 6 atom stereocenters. The van der Waals surface area contributed by atoms with Crippen LogP contribution in [0.2, 0.25) is 0 Å². The normalized spacial score (nSPS) is 49.1. The van der Waals surface area contributed by atoms with Crippen LogP contribution in [0.3, 0.4) is 0 Å². The van der Waals surface area contributed by atoms with Crippen molar-refractivity contribution >= 4 is 12.3 Å². The van der Waals surface area contributed by atoms with Gasteiger partial charge >= 0.3 is 5.97 Å². The first-order chi connectivity index (χ1) is 12.4. The van der Waals surface area contributed by atoms with Crippen molar-refractivity contribution in [2.75, 3.05) is 0 Å². The molecule has 4 fully saturated rings. The molecule has 1 saturated heterocycles. The zero-order valence-electron chi connectivity index (χ0n) is 16.7. The molecule has 0 amide bonds. The summed E-state index contributed by atoms with van der Waals surface area (Å²) in [6.45, 7) is 7.11. The van der Waals surface area contributed by atoms with Gasteiger partial charge in [-0.2, -0.15) is 0 Å². The fourth-order valence-corrected chi connectivity index (χ4v) is 7.84. The predicted octanol–water partition coefficient (Wildman–Crippen LogP) is 5.23. The second-order valence-corrected chi connectivity index (χ2v) is 9.87. The molecule has 0 aromatic carbocycles. The van der Waals surface area contributed by atoms with E-state index in [4.69, 9.17) is 4.74 Å². The number of esters is 1. The lowest BCUT2D eigenvalue weighted by Crippen LogP contribution is -2.54. The van der Waals surface area contributed by atoms with Gasteiger partial charge in [0.1, 0.15) is 11.9 Å². The molecule has 26 heavy (non-hydrogen) atoms. The number of fused-ring (bicyclic) bond motifs is 4. The van der Waals surface area contributed by atoms with Crippen LogP contribution in [0, 0.1) is 28.6 Å². The van der Waals surface area contributed by atoms with E-state index in [-0.39, 0.29) is 22.4 Å². The van der Waals surface area contributed by atoms with Gasteiger partial charge in [0, 0.05) is 11.8 Å². The maximum Gasteiger partial charge on any atom is 0.306 e. The van der Waals surface area contributed by atoms with Crippen LogP contribution in [-0.4, -0.2) is 17.9 Å². The van der Waals surface area contributed by atoms with Gasteiger partial charge in [-0.25, -0.2) is 0 Å². The molecule has 3 saturated carbocycles. The molecule has 0 radical (unpaired) electrons. The molecule has 6 unspecified atom stereocenters. The van der Waals surface area contributed by atoms with Crippen LogP contribution in [0.5, 0.6) is 0 Å². The second-order valence-electron chi connectivity index (χ2n) is 9.87. The second kappa shape index (κ2) is 6.21. The monoisotopic (exact) mass is 358 g/mol. The quantitative estimate of drug-likeness (QED) is 0.394. The van der Waals surface area contributed by atoms with E-state index in [1.165, 1.54) is 44.1 Å². The zero-order valence-corrected chi connectivity index (χ0v) is 16.7. The van der Waals surface area contributed by atoms with Gasteiger partial charge in [-0.3, -0.25) is 9.59 Å². The van der Waals surface area contributed by atoms with Crippen molar-refractivity contribution in [3.05, 3.63) is 11.6 Å². The summed E-state index contributed by atoms with van der Waals surface area (Å²) >= 11 is 0. The number of hydrogen-bond donors (Lipinski definition) is 0. The topological polar surface area (TPSA) is 43.4 Å². The molecular formula is C23H34O3. The lowest BCUT2D eigenvalue weighted by molar-refractivity contribution is -0.167. The SMILES string of the molecule is CCCC1(C)/C(=C\C=O)CCC2C1CCC1(C)C2CCC12CCC(=O)O2. The van der Waals surface area contributed by atoms with Crippen molar-refractivity contribution in [2.45, 2.75) is 90.6 Å². The Morgan fingerprint density at radius 3 is 2.50 bits per heavy atom. The number of allylic oxidation sites excluding steroid dienone is 2. The highest BCUT2D eigenvalue weighted by Crippen LogP contribution is 2.69. The van der Waals surface area contributed by atoms with Crippen LogP contribution >= 0.6 is 0 Å². The largest absolute Gasteiger partial charge is 0.458 e. The highest BCUT2D eigenvalue weighted by atomic mass is 16.6. The smallest absolute Gasteiger partial charge is 0.306 e. The molecule has 4 aliphatic rings. The molecule has 0 bridgehead atoms. The molecule has 0 aromatic rings. The van der Waals surface area contributed by atoms with Crippen molar-refractivity contribution in [1.29, 1.82) is 0 Å². The van der Waals surface area contributed by atoms with Gasteiger partial charge in [0.2, 0.25) is 0 Å². The van der Waals surface area contributed by atoms with E-state index in [0.29, 0.717) is 24.2 Å². The van der Waals surface area contributed by atoms with E-state index in [1.807, 2.05) is 6.08 Å². The van der Waals surface area contributed by atoms with Gasteiger partial charge < -0.3 is 4.74 Å². The van der Waals surface area contributed by atoms with Gasteiger partial charge in [0.25, 0.3) is 0 Å². The van der Waals surface area contributed by atoms with Gasteiger partial charge in [-0.05, 0) is 80.6 Å². The maximum atomic E-state index is 11.9. The summed E-state index contributed by atoms with van der Waals surface area (Å²) in [4.78, 5) is 23.2. The molecule has 3 heteroatoms. The van der Waals surface area contributed by atoms with E-state index in [1.54, 1.807) is 0 Å². The molecule has 4 rings (SSSR count). The maximum absolute atomic E-state index is 11.9. The Morgan fingerprint density at radius 1 is 1.08 bits per heavy atom. The Kier molecular flexibility index (Phi) is 4.36. The minimum Gasteiger partial charge on any atom is -0.458 e. The number of aldehydes is 1. The Morgan fingerprint density at radius 2 is 1.85 bits per heavy atom. The lowest BCUT2D eigenvalue weighted by atomic mass is 9.47.